The van der Waals surface area contributed by atoms with E-state index in [1.807, 2.05) is 66.7 Å². The molecule has 0 aliphatic heterocycles. The van der Waals surface area contributed by atoms with Crippen molar-refractivity contribution in [2.24, 2.45) is 17.6 Å². The number of aromatic nitrogens is 2. The summed E-state index contributed by atoms with van der Waals surface area (Å²) in [6, 6.07) is 19.5. The maximum absolute atomic E-state index is 6.37. The second kappa shape index (κ2) is 11.8. The van der Waals surface area contributed by atoms with E-state index in [9.17, 15) is 0 Å². The highest BCUT2D eigenvalue weighted by molar-refractivity contribution is 6.36. The van der Waals surface area contributed by atoms with Gasteiger partial charge in [0.2, 0.25) is 0 Å². The summed E-state index contributed by atoms with van der Waals surface area (Å²) in [5, 5.41) is 6.48. The van der Waals surface area contributed by atoms with Crippen LogP contribution in [0.4, 0.5) is 5.82 Å². The molecule has 0 spiro atoms. The van der Waals surface area contributed by atoms with Gasteiger partial charge in [-0.2, -0.15) is 0 Å². The predicted octanol–water partition coefficient (Wildman–Crippen LogP) is 8.60. The fourth-order valence-corrected chi connectivity index (χ4v) is 5.72. The van der Waals surface area contributed by atoms with Crippen LogP contribution in [0.2, 0.25) is 15.1 Å². The molecule has 0 bridgehead atoms. The third-order valence-electron chi connectivity index (χ3n) is 7.04. The van der Waals surface area contributed by atoms with E-state index in [0.717, 1.165) is 46.5 Å². The topological polar surface area (TPSA) is 63.8 Å². The molecule has 0 amide bonds. The molecule has 1 aromatic heterocycles. The molecule has 3 N–H and O–H groups in total. The lowest BCUT2D eigenvalue weighted by molar-refractivity contribution is 0.281. The Balaban J connectivity index is 1.36. The van der Waals surface area contributed by atoms with Crippen LogP contribution in [0.15, 0.2) is 60.7 Å². The normalized spacial score (nSPS) is 17.9. The molecule has 7 heteroatoms. The molecular formula is C30H29Cl3N4. The summed E-state index contributed by atoms with van der Waals surface area (Å²) < 4.78 is 0. The minimum Gasteiger partial charge on any atom is -0.369 e. The Bertz CT molecular complexity index is 1420. The van der Waals surface area contributed by atoms with Gasteiger partial charge in [0.05, 0.1) is 5.52 Å². The number of halogens is 3. The third-order valence-corrected chi connectivity index (χ3v) is 7.82. The number of hydrogen-bond donors (Lipinski definition) is 2. The van der Waals surface area contributed by atoms with Gasteiger partial charge in [-0.15, -0.1) is 0 Å². The largest absolute Gasteiger partial charge is 0.369 e. The number of rotatable bonds is 7. The summed E-state index contributed by atoms with van der Waals surface area (Å²) in [6.07, 6.45) is 8.82. The zero-order valence-corrected chi connectivity index (χ0v) is 22.7. The average molecular weight is 552 g/mol. The van der Waals surface area contributed by atoms with Crippen LogP contribution in [0.1, 0.15) is 37.1 Å². The summed E-state index contributed by atoms with van der Waals surface area (Å²) in [5.41, 5.74) is 9.77. The van der Waals surface area contributed by atoms with Crippen molar-refractivity contribution in [3.8, 4) is 11.1 Å². The smallest absolute Gasteiger partial charge is 0.154 e. The summed E-state index contributed by atoms with van der Waals surface area (Å²) in [6.45, 7) is 1.65. The van der Waals surface area contributed by atoms with Crippen LogP contribution < -0.4 is 11.1 Å². The van der Waals surface area contributed by atoms with Crippen LogP contribution in [0.5, 0.6) is 0 Å². The molecule has 3 aromatic carbocycles. The van der Waals surface area contributed by atoms with E-state index in [2.05, 4.69) is 5.32 Å². The Kier molecular flexibility index (Phi) is 8.31. The molecule has 1 aliphatic carbocycles. The molecule has 1 saturated carbocycles. The molecule has 0 radical (unpaired) electrons. The molecule has 4 aromatic rings. The number of fused-ring (bicyclic) bond motifs is 1. The second-order valence-electron chi connectivity index (χ2n) is 9.69. The molecular weight excluding hydrogens is 523 g/mol. The Morgan fingerprint density at radius 1 is 0.865 bits per heavy atom. The predicted molar refractivity (Wildman–Crippen MR) is 158 cm³/mol. The molecule has 2 atom stereocenters. The van der Waals surface area contributed by atoms with Crippen molar-refractivity contribution in [3.63, 3.8) is 0 Å². The second-order valence-corrected chi connectivity index (χ2v) is 11.0. The molecule has 1 fully saturated rings. The van der Waals surface area contributed by atoms with Gasteiger partial charge in [-0.3, -0.25) is 0 Å². The summed E-state index contributed by atoms with van der Waals surface area (Å²) in [4.78, 5) is 9.60. The molecule has 2 unspecified atom stereocenters. The molecule has 190 valence electrons. The Labute approximate surface area is 232 Å². The fourth-order valence-electron chi connectivity index (χ4n) is 5.04. The number of nitrogens with one attached hydrogen (secondary N) is 1. The standard InChI is InChI=1S/C30H29Cl3N4/c31-23-9-11-25(27(33)15-23)22-7-4-19(5-8-22)6-13-29-36-28-16-24(32)10-12-26(28)30(37-29)35-18-21-3-1-2-20(14-21)17-34/h4-13,15-16,20-21H,1-3,14,17-18,34H2,(H,35,36,37). The van der Waals surface area contributed by atoms with Gasteiger partial charge in [0, 0.05) is 32.6 Å². The van der Waals surface area contributed by atoms with Crippen molar-refractivity contribution in [2.45, 2.75) is 25.7 Å². The average Bonchev–Trinajstić information content (AvgIpc) is 2.91. The van der Waals surface area contributed by atoms with Crippen molar-refractivity contribution in [1.29, 1.82) is 0 Å². The van der Waals surface area contributed by atoms with Crippen LogP contribution in [-0.4, -0.2) is 23.1 Å². The first-order valence-corrected chi connectivity index (χ1v) is 13.8. The maximum Gasteiger partial charge on any atom is 0.154 e. The molecule has 1 heterocycles. The van der Waals surface area contributed by atoms with Crippen LogP contribution in [0.3, 0.4) is 0 Å². The lowest BCUT2D eigenvalue weighted by atomic mass is 9.81. The van der Waals surface area contributed by atoms with Crippen LogP contribution in [-0.2, 0) is 0 Å². The van der Waals surface area contributed by atoms with Crippen molar-refractivity contribution in [1.82, 2.24) is 9.97 Å². The van der Waals surface area contributed by atoms with Gasteiger partial charge in [-0.25, -0.2) is 9.97 Å². The molecule has 37 heavy (non-hydrogen) atoms. The first-order valence-electron chi connectivity index (χ1n) is 12.6. The van der Waals surface area contributed by atoms with Crippen LogP contribution in [0.25, 0.3) is 34.2 Å². The van der Waals surface area contributed by atoms with Crippen molar-refractivity contribution >= 4 is 63.7 Å². The van der Waals surface area contributed by atoms with Gasteiger partial charge < -0.3 is 11.1 Å². The summed E-state index contributed by atoms with van der Waals surface area (Å²) in [7, 11) is 0. The molecule has 4 nitrogen and oxygen atoms in total. The Hall–Kier alpha value is -2.63. The highest BCUT2D eigenvalue weighted by Crippen LogP contribution is 2.32. The zero-order chi connectivity index (χ0) is 25.8. The number of nitrogens with zero attached hydrogens (tertiary/aromatic N) is 2. The quantitative estimate of drug-likeness (QED) is 0.241. The van der Waals surface area contributed by atoms with Crippen molar-refractivity contribution in [3.05, 3.63) is 87.1 Å². The van der Waals surface area contributed by atoms with Crippen molar-refractivity contribution < 1.29 is 0 Å². The SMILES string of the molecule is NCC1CCCC(CNc2nc(C=Cc3ccc(-c4ccc(Cl)cc4Cl)cc3)nc3cc(Cl)ccc23)C1. The van der Waals surface area contributed by atoms with Gasteiger partial charge in [0.25, 0.3) is 0 Å². The van der Waals surface area contributed by atoms with Crippen LogP contribution in [0, 0.1) is 11.8 Å². The molecule has 5 rings (SSSR count). The fraction of sp³-hybridized carbons (Fsp3) is 0.267. The van der Waals surface area contributed by atoms with Gasteiger partial charge >= 0.3 is 0 Å². The summed E-state index contributed by atoms with van der Waals surface area (Å²) >= 11 is 18.7. The van der Waals surface area contributed by atoms with E-state index in [1.54, 1.807) is 6.07 Å². The van der Waals surface area contributed by atoms with Crippen LogP contribution >= 0.6 is 34.8 Å². The first-order chi connectivity index (χ1) is 18.0. The Morgan fingerprint density at radius 3 is 2.41 bits per heavy atom. The van der Waals surface area contributed by atoms with Crippen molar-refractivity contribution in [2.75, 3.05) is 18.4 Å². The van der Waals surface area contributed by atoms with E-state index in [1.165, 1.54) is 25.7 Å². The van der Waals surface area contributed by atoms with Gasteiger partial charge in [-0.1, -0.05) is 77.6 Å². The zero-order valence-electron chi connectivity index (χ0n) is 20.4. The van der Waals surface area contributed by atoms with Gasteiger partial charge in [0.1, 0.15) is 5.82 Å². The number of anilines is 1. The minimum absolute atomic E-state index is 0.603. The van der Waals surface area contributed by atoms with E-state index < -0.39 is 0 Å². The monoisotopic (exact) mass is 550 g/mol. The van der Waals surface area contributed by atoms with E-state index >= 15 is 0 Å². The third kappa shape index (κ3) is 6.45. The Morgan fingerprint density at radius 2 is 1.62 bits per heavy atom. The lowest BCUT2D eigenvalue weighted by Gasteiger charge is -2.28. The highest BCUT2D eigenvalue weighted by atomic mass is 35.5. The summed E-state index contributed by atoms with van der Waals surface area (Å²) in [5.74, 6) is 2.70. The first kappa shape index (κ1) is 26.0. The number of nitrogens with two attached hydrogens (primary N) is 1. The highest BCUT2D eigenvalue weighted by Gasteiger charge is 2.21. The molecule has 0 saturated heterocycles. The number of benzene rings is 3. The van der Waals surface area contributed by atoms with E-state index in [-0.39, 0.29) is 0 Å². The van der Waals surface area contributed by atoms with E-state index in [0.29, 0.717) is 32.7 Å². The maximum atomic E-state index is 6.37. The molecule has 1 aliphatic rings. The lowest BCUT2D eigenvalue weighted by Crippen LogP contribution is -2.26. The van der Waals surface area contributed by atoms with Gasteiger partial charge in [-0.05, 0) is 85.2 Å². The minimum atomic E-state index is 0.603. The van der Waals surface area contributed by atoms with E-state index in [4.69, 9.17) is 50.5 Å². The van der Waals surface area contributed by atoms with Gasteiger partial charge in [0.15, 0.2) is 5.82 Å². The number of hydrogen-bond acceptors (Lipinski definition) is 4.